The molecule has 0 aliphatic carbocycles. The van der Waals surface area contributed by atoms with Crippen LogP contribution in [-0.4, -0.2) is 92.9 Å². The summed E-state index contributed by atoms with van der Waals surface area (Å²) in [6, 6.07) is 3.50. The Balaban J connectivity index is 1.76. The van der Waals surface area contributed by atoms with Crippen molar-refractivity contribution in [3.63, 3.8) is 0 Å². The van der Waals surface area contributed by atoms with Crippen LogP contribution in [0.4, 0.5) is 17.6 Å². The summed E-state index contributed by atoms with van der Waals surface area (Å²) in [5.41, 5.74) is -3.44. The van der Waals surface area contributed by atoms with E-state index in [4.69, 9.17) is 8.22 Å². The fourth-order valence-corrected chi connectivity index (χ4v) is 5.74. The minimum absolute atomic E-state index is 0.179. The van der Waals surface area contributed by atoms with E-state index in [1.165, 1.54) is 22.5 Å². The molecule has 1 saturated heterocycles. The van der Waals surface area contributed by atoms with Gasteiger partial charge in [0.2, 0.25) is 10.0 Å². The van der Waals surface area contributed by atoms with E-state index in [2.05, 4.69) is 20.6 Å². The van der Waals surface area contributed by atoms with Crippen molar-refractivity contribution >= 4 is 22.1 Å². The van der Waals surface area contributed by atoms with Gasteiger partial charge in [0, 0.05) is 57.4 Å². The van der Waals surface area contributed by atoms with Crippen molar-refractivity contribution in [3.8, 4) is 0 Å². The summed E-state index contributed by atoms with van der Waals surface area (Å²) in [5.74, 6) is -0.752. The molecule has 14 heteroatoms. The fourth-order valence-electron chi connectivity index (χ4n) is 4.87. The van der Waals surface area contributed by atoms with Gasteiger partial charge in [-0.15, -0.1) is 0 Å². The van der Waals surface area contributed by atoms with Gasteiger partial charge >= 0.3 is 6.18 Å². The third-order valence-electron chi connectivity index (χ3n) is 6.76. The second kappa shape index (κ2) is 10.5. The van der Waals surface area contributed by atoms with Crippen LogP contribution < -0.4 is 10.6 Å². The molecule has 9 nitrogen and oxygen atoms in total. The van der Waals surface area contributed by atoms with Crippen LogP contribution in [0.3, 0.4) is 0 Å². The average Bonchev–Trinajstić information content (AvgIpc) is 3.28. The third-order valence-corrected chi connectivity index (χ3v) is 8.06. The van der Waals surface area contributed by atoms with Gasteiger partial charge in [-0.25, -0.2) is 17.1 Å². The number of rotatable bonds is 7. The standard InChI is InChI=1S/C24H33F4N7O2S/c1-16-30-15-23(32-16,20-7-5-6-17(21(20)25)13-33(2)3)35-14-18(24(26,27)28)12-29-22(35)31-19-8-10-34(11-9-19)38(4,36)37/h5-7,12,14,19,22,31H,8-11,13,15H2,1-4H3,(H,30,32)/i2D3,3D3. The maximum atomic E-state index is 16.4. The molecule has 2 N–H and O–H groups in total. The molecule has 38 heavy (non-hydrogen) atoms. The minimum Gasteiger partial charge on any atom is -0.346 e. The minimum atomic E-state index is -4.82. The predicted octanol–water partition coefficient (Wildman–Crippen LogP) is 2.19. The van der Waals surface area contributed by atoms with Crippen molar-refractivity contribution in [2.45, 2.75) is 50.5 Å². The Labute approximate surface area is 228 Å². The number of piperidine rings is 1. The molecular weight excluding hydrogens is 526 g/mol. The number of halogens is 4. The lowest BCUT2D eigenvalue weighted by molar-refractivity contribution is -0.0888. The summed E-state index contributed by atoms with van der Waals surface area (Å²) in [6.45, 7) is -5.42. The van der Waals surface area contributed by atoms with Crippen LogP contribution in [0.15, 0.2) is 40.0 Å². The monoisotopic (exact) mass is 565 g/mol. The summed E-state index contributed by atoms with van der Waals surface area (Å²) in [6.07, 6.45) is -2.79. The van der Waals surface area contributed by atoms with Crippen LogP contribution in [0.2, 0.25) is 0 Å². The van der Waals surface area contributed by atoms with Gasteiger partial charge in [0.05, 0.1) is 24.2 Å². The van der Waals surface area contributed by atoms with E-state index in [1.54, 1.807) is 6.92 Å². The van der Waals surface area contributed by atoms with Crippen molar-refractivity contribution in [2.75, 3.05) is 39.8 Å². The quantitative estimate of drug-likeness (QED) is 0.493. The average molecular weight is 566 g/mol. The van der Waals surface area contributed by atoms with Gasteiger partial charge in [-0.1, -0.05) is 18.2 Å². The molecule has 0 saturated carbocycles. The summed E-state index contributed by atoms with van der Waals surface area (Å²) < 4.78 is 129. The topological polar surface area (TPSA) is 92.6 Å². The van der Waals surface area contributed by atoms with Crippen LogP contribution in [0, 0.1) is 5.82 Å². The SMILES string of the molecule is [2H]C([2H])([2H])N(Cc1cccc(C2(N3C=C(C(F)(F)F)C=NC3NC3CCN(S(C)(=O)=O)CC3)CN=C(C)N2)c1F)C([2H])([2H])[2H]. The molecule has 0 aromatic heterocycles. The first-order valence-electron chi connectivity index (χ1n) is 14.8. The molecule has 3 heterocycles. The molecule has 2 atom stereocenters. The van der Waals surface area contributed by atoms with E-state index < -0.39 is 60.0 Å². The molecule has 0 bridgehead atoms. The summed E-state index contributed by atoms with van der Waals surface area (Å²) in [5, 5.41) is 6.16. The Kier molecular flexibility index (Phi) is 5.91. The molecule has 3 aliphatic rings. The number of aliphatic imine (C=N–C) groups is 2. The number of alkyl halides is 3. The lowest BCUT2D eigenvalue weighted by Crippen LogP contribution is -2.63. The Morgan fingerprint density at radius 3 is 2.58 bits per heavy atom. The lowest BCUT2D eigenvalue weighted by Gasteiger charge is -2.47. The lowest BCUT2D eigenvalue weighted by atomic mass is 9.94. The molecule has 0 amide bonds. The highest BCUT2D eigenvalue weighted by Gasteiger charge is 2.49. The molecule has 1 aromatic carbocycles. The van der Waals surface area contributed by atoms with Gasteiger partial charge in [-0.2, -0.15) is 13.2 Å². The highest BCUT2D eigenvalue weighted by Crippen LogP contribution is 2.38. The van der Waals surface area contributed by atoms with Crippen molar-refractivity contribution in [3.05, 3.63) is 46.9 Å². The normalized spacial score (nSPS) is 28.5. The van der Waals surface area contributed by atoms with Crippen molar-refractivity contribution in [2.24, 2.45) is 9.98 Å². The van der Waals surface area contributed by atoms with Gasteiger partial charge in [-0.3, -0.25) is 15.3 Å². The van der Waals surface area contributed by atoms with Gasteiger partial charge in [-0.05, 0) is 33.7 Å². The summed E-state index contributed by atoms with van der Waals surface area (Å²) in [4.78, 5) is 9.76. The van der Waals surface area contributed by atoms with Gasteiger partial charge in [0.25, 0.3) is 0 Å². The second-order valence-electron chi connectivity index (χ2n) is 9.50. The van der Waals surface area contributed by atoms with E-state index in [9.17, 15) is 21.6 Å². The highest BCUT2D eigenvalue weighted by molar-refractivity contribution is 7.88. The van der Waals surface area contributed by atoms with Crippen LogP contribution in [-0.2, 0) is 22.2 Å². The molecule has 3 aliphatic heterocycles. The Bertz CT molecular complexity index is 1430. The van der Waals surface area contributed by atoms with E-state index in [0.717, 1.165) is 17.4 Å². The fraction of sp³-hybridized carbons (Fsp3) is 0.583. The smallest absolute Gasteiger partial charge is 0.346 e. The zero-order valence-electron chi connectivity index (χ0n) is 26.8. The zero-order valence-corrected chi connectivity index (χ0v) is 21.6. The number of benzene rings is 1. The van der Waals surface area contributed by atoms with E-state index in [0.29, 0.717) is 19.1 Å². The molecule has 1 fully saturated rings. The Morgan fingerprint density at radius 2 is 2.00 bits per heavy atom. The maximum absolute atomic E-state index is 16.4. The van der Waals surface area contributed by atoms with Crippen LogP contribution in [0.1, 0.15) is 39.1 Å². The zero-order chi connectivity index (χ0) is 32.9. The molecule has 4 rings (SSSR count). The molecule has 0 radical (unpaired) electrons. The molecule has 0 spiro atoms. The van der Waals surface area contributed by atoms with Gasteiger partial charge in [0.15, 0.2) is 12.0 Å². The number of sulfonamides is 1. The number of amidine groups is 1. The van der Waals surface area contributed by atoms with E-state index >= 15 is 4.39 Å². The van der Waals surface area contributed by atoms with E-state index in [-0.39, 0.29) is 47.5 Å². The number of hydrogen-bond acceptors (Lipinski definition) is 8. The van der Waals surface area contributed by atoms with Gasteiger partial charge < -0.3 is 15.1 Å². The number of allylic oxidation sites excluding steroid dienone is 1. The van der Waals surface area contributed by atoms with Crippen molar-refractivity contribution in [1.82, 2.24) is 24.7 Å². The summed E-state index contributed by atoms with van der Waals surface area (Å²) >= 11 is 0. The maximum Gasteiger partial charge on any atom is 0.419 e. The Morgan fingerprint density at radius 1 is 1.29 bits per heavy atom. The molecule has 2 unspecified atom stereocenters. The molecule has 1 aromatic rings. The number of nitrogens with one attached hydrogen (secondary N) is 2. The number of hydrogen-bond donors (Lipinski definition) is 2. The Hall–Kier alpha value is -2.55. The third kappa shape index (κ3) is 5.87. The first-order chi connectivity index (χ1) is 20.1. The van der Waals surface area contributed by atoms with Crippen molar-refractivity contribution < 1.29 is 34.2 Å². The highest BCUT2D eigenvalue weighted by atomic mass is 32.2. The predicted molar refractivity (Wildman–Crippen MR) is 137 cm³/mol. The largest absolute Gasteiger partial charge is 0.419 e. The van der Waals surface area contributed by atoms with Crippen molar-refractivity contribution in [1.29, 1.82) is 0 Å². The summed E-state index contributed by atoms with van der Waals surface area (Å²) in [7, 11) is -3.43. The molecular formula is C24H33F4N7O2S. The van der Waals surface area contributed by atoms with Crippen LogP contribution in [0.5, 0.6) is 0 Å². The first-order valence-corrected chi connectivity index (χ1v) is 13.6. The van der Waals surface area contributed by atoms with Crippen LogP contribution >= 0.6 is 0 Å². The van der Waals surface area contributed by atoms with Crippen LogP contribution in [0.25, 0.3) is 0 Å². The second-order valence-corrected chi connectivity index (χ2v) is 11.5. The van der Waals surface area contributed by atoms with Gasteiger partial charge in [0.1, 0.15) is 5.82 Å². The first kappa shape index (κ1) is 21.3. The number of nitrogens with zero attached hydrogens (tertiary/aromatic N) is 5. The molecule has 210 valence electrons. The van der Waals surface area contributed by atoms with E-state index in [1.807, 2.05) is 0 Å².